The van der Waals surface area contributed by atoms with Crippen LogP contribution in [0.15, 0.2) is 183 Å². The van der Waals surface area contributed by atoms with Crippen LogP contribution in [0.2, 0.25) is 0 Å². The molecule has 12 rings (SSSR count). The molecule has 0 saturated heterocycles. The Labute approximate surface area is 447 Å². The first kappa shape index (κ1) is 48.5. The van der Waals surface area contributed by atoms with E-state index in [4.69, 9.17) is 6.58 Å². The largest absolute Gasteiger partial charge is 0.311 e. The average Bonchev–Trinajstić information content (AvgIpc) is 3.42. The van der Waals surface area contributed by atoms with Crippen LogP contribution < -0.4 is 15.8 Å². The molecule has 0 aliphatic carbocycles. The minimum absolute atomic E-state index is 0.0586. The lowest BCUT2D eigenvalue weighted by atomic mass is 9.32. The van der Waals surface area contributed by atoms with Gasteiger partial charge in [-0.05, 0) is 174 Å². The quantitative estimate of drug-likeness (QED) is 0.126. The van der Waals surface area contributed by atoms with Crippen molar-refractivity contribution in [3.05, 3.63) is 216 Å². The Bertz CT molecular complexity index is 3960. The molecule has 75 heavy (non-hydrogen) atoms. The molecule has 2 aliphatic rings. The maximum absolute atomic E-state index is 5.39. The molecule has 2 bridgehead atoms. The zero-order chi connectivity index (χ0) is 52.7. The summed E-state index contributed by atoms with van der Waals surface area (Å²) in [4.78, 5) is 2.67. The van der Waals surface area contributed by atoms with Gasteiger partial charge in [-0.25, -0.2) is 0 Å². The number of fused-ring (bicyclic) bond motifs is 11. The fourth-order valence-electron chi connectivity index (χ4n) is 12.5. The molecule has 10 aromatic rings. The zero-order valence-corrected chi connectivity index (χ0v) is 46.5. The lowest BCUT2D eigenvalue weighted by Gasteiger charge is -2.41. The van der Waals surface area contributed by atoms with Crippen molar-refractivity contribution in [1.29, 1.82) is 0 Å². The second kappa shape index (κ2) is 17.1. The van der Waals surface area contributed by atoms with Gasteiger partial charge in [-0.3, -0.25) is 0 Å². The molecular formula is C73H70BN. The number of hydrogen-bond acceptors (Lipinski definition) is 1. The molecule has 0 amide bonds. The molecule has 2 heterocycles. The molecule has 0 spiro atoms. The predicted octanol–water partition coefficient (Wildman–Crippen LogP) is 19.3. The fraction of sp³-hybridized carbons (Fsp3) is 0.233. The summed E-state index contributed by atoms with van der Waals surface area (Å²) in [5, 5.41) is 7.46. The summed E-state index contributed by atoms with van der Waals surface area (Å²) in [6.45, 7) is 35.8. The van der Waals surface area contributed by atoms with Crippen molar-refractivity contribution >= 4 is 72.5 Å². The minimum atomic E-state index is -0.218. The molecule has 0 saturated carbocycles. The summed E-state index contributed by atoms with van der Waals surface area (Å²) in [6.07, 6.45) is 0. The third kappa shape index (κ3) is 7.89. The molecule has 0 aromatic heterocycles. The van der Waals surface area contributed by atoms with E-state index in [9.17, 15) is 0 Å². The molecule has 0 radical (unpaired) electrons. The van der Waals surface area contributed by atoms with Crippen molar-refractivity contribution in [3.8, 4) is 44.5 Å². The van der Waals surface area contributed by atoms with Crippen molar-refractivity contribution in [2.45, 2.75) is 112 Å². The average molecular weight is 972 g/mol. The van der Waals surface area contributed by atoms with Gasteiger partial charge < -0.3 is 4.90 Å². The van der Waals surface area contributed by atoms with Gasteiger partial charge >= 0.3 is 0 Å². The molecular weight excluding hydrogens is 902 g/mol. The Morgan fingerprint density at radius 2 is 0.853 bits per heavy atom. The highest BCUT2D eigenvalue weighted by molar-refractivity contribution is 7.03. The van der Waals surface area contributed by atoms with Crippen LogP contribution >= 0.6 is 0 Å². The number of rotatable bonds is 3. The van der Waals surface area contributed by atoms with Crippen molar-refractivity contribution in [2.75, 3.05) is 4.90 Å². The van der Waals surface area contributed by atoms with Crippen LogP contribution in [0.4, 0.5) is 17.1 Å². The van der Waals surface area contributed by atoms with Crippen LogP contribution in [0.25, 0.3) is 82.3 Å². The number of anilines is 3. The standard InChI is InChI=1S/C73H70BN/c1-44-58-40-52(73(12,13)14)41-59(44)68-55-30-22-21-29-48(55)35-65-69(68)74(45(2)54-34-33-49(39-60(54)58)70(3,4)5)63-42-61-62(43-64(63)75(65)53-37-50(71(6,7)8)36-51(38-53)72(9,10)11)67(47-27-19-16-20-28-47)57-32-24-23-31-56(57)66(61)46-25-17-15-18-26-46/h15-43H,2H2,1,3-14H3. The van der Waals surface area contributed by atoms with Crippen LogP contribution in [-0.2, 0) is 21.7 Å². The van der Waals surface area contributed by atoms with Crippen molar-refractivity contribution in [3.63, 3.8) is 0 Å². The fourth-order valence-corrected chi connectivity index (χ4v) is 12.5. The Hall–Kier alpha value is -7.42. The lowest BCUT2D eigenvalue weighted by Crippen LogP contribution is -2.51. The number of nitrogens with zero attached hydrogens (tertiary/aromatic N) is 1. The normalized spacial score (nSPS) is 13.6. The molecule has 0 atom stereocenters. The Morgan fingerprint density at radius 1 is 0.373 bits per heavy atom. The van der Waals surface area contributed by atoms with Gasteiger partial charge in [-0.2, -0.15) is 0 Å². The van der Waals surface area contributed by atoms with Gasteiger partial charge in [-0.15, -0.1) is 6.58 Å². The lowest BCUT2D eigenvalue weighted by molar-refractivity contribution is 0.569. The van der Waals surface area contributed by atoms with Gasteiger partial charge in [0.2, 0.25) is 6.71 Å². The van der Waals surface area contributed by atoms with Gasteiger partial charge in [0.15, 0.2) is 0 Å². The van der Waals surface area contributed by atoms with E-state index in [1.807, 2.05) is 0 Å². The zero-order valence-electron chi connectivity index (χ0n) is 46.5. The summed E-state index contributed by atoms with van der Waals surface area (Å²) in [5.41, 5.74) is 24.7. The molecule has 1 nitrogen and oxygen atoms in total. The van der Waals surface area contributed by atoms with Gasteiger partial charge in [-0.1, -0.05) is 240 Å². The molecule has 10 aromatic carbocycles. The first-order chi connectivity index (χ1) is 35.6. The van der Waals surface area contributed by atoms with Gasteiger partial charge in [0.1, 0.15) is 0 Å². The topological polar surface area (TPSA) is 3.24 Å². The van der Waals surface area contributed by atoms with Crippen LogP contribution in [0.5, 0.6) is 0 Å². The third-order valence-corrected chi connectivity index (χ3v) is 16.8. The highest BCUT2D eigenvalue weighted by Crippen LogP contribution is 2.52. The molecule has 0 unspecified atom stereocenters. The smallest absolute Gasteiger partial charge is 0.247 e. The first-order valence-electron chi connectivity index (χ1n) is 27.2. The SMILES string of the molecule is C=C1B2c3cc4c(-c5ccccc5)c5ccccc5c(-c5ccccc5)c4cc3N(c3cc(C(C)(C)C)cc(C(C)(C)C)c3)c3cc4ccccc4c(c32)-c2cc(C(C)(C)C)cc(c2C)-c2cc(C(C)(C)C)ccc21. The Morgan fingerprint density at radius 3 is 1.41 bits per heavy atom. The van der Waals surface area contributed by atoms with Crippen LogP contribution in [-0.4, -0.2) is 6.71 Å². The third-order valence-electron chi connectivity index (χ3n) is 16.8. The highest BCUT2D eigenvalue weighted by Gasteiger charge is 2.42. The summed E-state index contributed by atoms with van der Waals surface area (Å²) >= 11 is 0. The number of hydrogen-bond donors (Lipinski definition) is 0. The first-order valence-corrected chi connectivity index (χ1v) is 27.2. The van der Waals surface area contributed by atoms with Crippen molar-refractivity contribution < 1.29 is 0 Å². The van der Waals surface area contributed by atoms with Gasteiger partial charge in [0.25, 0.3) is 0 Å². The Kier molecular flexibility index (Phi) is 11.0. The van der Waals surface area contributed by atoms with E-state index in [1.165, 1.54) is 138 Å². The molecule has 0 fully saturated rings. The van der Waals surface area contributed by atoms with Gasteiger partial charge in [0, 0.05) is 17.1 Å². The number of benzene rings is 10. The van der Waals surface area contributed by atoms with Crippen LogP contribution in [0.1, 0.15) is 116 Å². The van der Waals surface area contributed by atoms with E-state index >= 15 is 0 Å². The maximum atomic E-state index is 5.39. The maximum Gasteiger partial charge on any atom is 0.247 e. The van der Waals surface area contributed by atoms with E-state index < -0.39 is 0 Å². The Balaban J connectivity index is 1.34. The monoisotopic (exact) mass is 972 g/mol. The highest BCUT2D eigenvalue weighted by atomic mass is 15.2. The summed E-state index contributed by atoms with van der Waals surface area (Å²) in [7, 11) is 0. The second-order valence-corrected chi connectivity index (χ2v) is 25.9. The molecule has 370 valence electrons. The van der Waals surface area contributed by atoms with Gasteiger partial charge in [0.05, 0.1) is 0 Å². The predicted molar refractivity (Wildman–Crippen MR) is 329 cm³/mol. The molecule has 0 N–H and O–H groups in total. The summed E-state index contributed by atoms with van der Waals surface area (Å²) in [6, 6.07) is 68.0. The van der Waals surface area contributed by atoms with E-state index in [1.54, 1.807) is 0 Å². The molecule has 2 heteroatoms. The van der Waals surface area contributed by atoms with Crippen LogP contribution in [0, 0.1) is 6.92 Å². The van der Waals surface area contributed by atoms with E-state index in [2.05, 4.69) is 271 Å². The van der Waals surface area contributed by atoms with Crippen molar-refractivity contribution in [2.24, 2.45) is 0 Å². The minimum Gasteiger partial charge on any atom is -0.311 e. The van der Waals surface area contributed by atoms with E-state index in [-0.39, 0.29) is 28.4 Å². The van der Waals surface area contributed by atoms with E-state index in [0.29, 0.717) is 0 Å². The van der Waals surface area contributed by atoms with E-state index in [0.717, 1.165) is 5.47 Å². The molecule has 2 aliphatic heterocycles. The second-order valence-electron chi connectivity index (χ2n) is 25.9. The summed E-state index contributed by atoms with van der Waals surface area (Å²) < 4.78 is 0. The van der Waals surface area contributed by atoms with Crippen LogP contribution in [0.3, 0.4) is 0 Å². The summed E-state index contributed by atoms with van der Waals surface area (Å²) in [5.74, 6) is 0. The van der Waals surface area contributed by atoms with Crippen molar-refractivity contribution in [1.82, 2.24) is 0 Å².